The first-order valence-electron chi connectivity index (χ1n) is 6.80. The smallest absolute Gasteiger partial charge is 0.210 e. The number of hydrogen-bond acceptors (Lipinski definition) is 4. The first-order valence-corrected chi connectivity index (χ1v) is 6.80. The number of benzene rings is 1. The van der Waals surface area contributed by atoms with E-state index >= 15 is 0 Å². The van der Waals surface area contributed by atoms with E-state index in [1.54, 1.807) is 0 Å². The molecule has 0 spiro atoms. The lowest BCUT2D eigenvalue weighted by atomic mass is 10.2. The lowest BCUT2D eigenvalue weighted by molar-refractivity contribution is 0.146. The molecule has 112 valence electrons. The minimum Gasteiger partial charge on any atom is -0.382 e. The minimum absolute atomic E-state index is 0.555. The van der Waals surface area contributed by atoms with Crippen LogP contribution in [0.4, 0.5) is 11.4 Å². The summed E-state index contributed by atoms with van der Waals surface area (Å²) in [6.07, 6.45) is 0.875. The van der Waals surface area contributed by atoms with Gasteiger partial charge in [0, 0.05) is 45.2 Å². The Kier molecular flexibility index (Phi) is 7.46. The maximum Gasteiger partial charge on any atom is 0.210 e. The Morgan fingerprint density at radius 1 is 1.30 bits per heavy atom. The predicted octanol–water partition coefficient (Wildman–Crippen LogP) is 1.41. The highest BCUT2D eigenvalue weighted by Gasteiger charge is 1.99. The van der Waals surface area contributed by atoms with Gasteiger partial charge < -0.3 is 15.0 Å². The Hall–Kier alpha value is -1.79. The second-order valence-corrected chi connectivity index (χ2v) is 4.49. The van der Waals surface area contributed by atoms with E-state index in [0.29, 0.717) is 12.5 Å². The number of anilines is 2. The molecule has 0 heterocycles. The highest BCUT2D eigenvalue weighted by Crippen LogP contribution is 2.15. The van der Waals surface area contributed by atoms with Gasteiger partial charge in [-0.2, -0.15) is 0 Å². The second kappa shape index (κ2) is 9.17. The normalized spacial score (nSPS) is 11.3. The summed E-state index contributed by atoms with van der Waals surface area (Å²) >= 11 is 0. The molecule has 1 aromatic carbocycles. The molecule has 0 saturated heterocycles. The van der Waals surface area contributed by atoms with Crippen LogP contribution in [0.5, 0.6) is 0 Å². The van der Waals surface area contributed by atoms with Gasteiger partial charge in [-0.3, -0.25) is 10.4 Å². The van der Waals surface area contributed by atoms with E-state index in [2.05, 4.69) is 15.7 Å². The topological polar surface area (TPSA) is 74.9 Å². The molecule has 1 aromatic rings. The van der Waals surface area contributed by atoms with Gasteiger partial charge in [-0.1, -0.05) is 0 Å². The molecule has 0 fully saturated rings. The van der Waals surface area contributed by atoms with E-state index in [0.717, 1.165) is 31.0 Å². The van der Waals surface area contributed by atoms with Crippen LogP contribution in [0.2, 0.25) is 0 Å². The molecule has 0 bridgehead atoms. The van der Waals surface area contributed by atoms with Crippen molar-refractivity contribution in [1.82, 2.24) is 5.43 Å². The summed E-state index contributed by atoms with van der Waals surface area (Å²) in [5.74, 6) is 6.01. The summed E-state index contributed by atoms with van der Waals surface area (Å²) in [5, 5.41) is 3.14. The van der Waals surface area contributed by atoms with Crippen molar-refractivity contribution in [3.05, 3.63) is 24.3 Å². The van der Waals surface area contributed by atoms with Crippen molar-refractivity contribution < 1.29 is 4.74 Å². The monoisotopic (exact) mass is 279 g/mol. The van der Waals surface area contributed by atoms with Gasteiger partial charge in [-0.25, -0.2) is 5.84 Å². The molecule has 1 rings (SSSR count). The molecule has 6 nitrogen and oxygen atoms in total. The number of nitrogens with one attached hydrogen (secondary N) is 2. The number of nitrogens with two attached hydrogens (primary N) is 1. The van der Waals surface area contributed by atoms with Crippen molar-refractivity contribution >= 4 is 17.3 Å². The Morgan fingerprint density at radius 3 is 2.55 bits per heavy atom. The van der Waals surface area contributed by atoms with Crippen LogP contribution in [0.15, 0.2) is 29.3 Å². The number of aliphatic imine (C=N–C) groups is 1. The van der Waals surface area contributed by atoms with Crippen molar-refractivity contribution in [2.45, 2.75) is 13.3 Å². The third kappa shape index (κ3) is 5.90. The Labute approximate surface area is 121 Å². The van der Waals surface area contributed by atoms with E-state index < -0.39 is 0 Å². The summed E-state index contributed by atoms with van der Waals surface area (Å²) in [5.41, 5.74) is 4.65. The summed E-state index contributed by atoms with van der Waals surface area (Å²) in [6.45, 7) is 4.11. The van der Waals surface area contributed by atoms with Crippen LogP contribution in [0, 0.1) is 0 Å². The van der Waals surface area contributed by atoms with Crippen LogP contribution in [0.3, 0.4) is 0 Å². The molecule has 0 amide bonds. The molecule has 0 saturated carbocycles. The maximum absolute atomic E-state index is 5.46. The van der Waals surface area contributed by atoms with Gasteiger partial charge in [-0.05, 0) is 37.6 Å². The maximum atomic E-state index is 5.46. The molecular weight excluding hydrogens is 254 g/mol. The largest absolute Gasteiger partial charge is 0.382 e. The summed E-state index contributed by atoms with van der Waals surface area (Å²) in [7, 11) is 4.02. The number of rotatable bonds is 7. The number of hydrogen-bond donors (Lipinski definition) is 3. The fourth-order valence-corrected chi connectivity index (χ4v) is 1.60. The lowest BCUT2D eigenvalue weighted by Crippen LogP contribution is -2.36. The third-order valence-corrected chi connectivity index (χ3v) is 2.70. The minimum atomic E-state index is 0.555. The molecule has 0 radical (unpaired) electrons. The van der Waals surface area contributed by atoms with E-state index in [9.17, 15) is 0 Å². The van der Waals surface area contributed by atoms with Gasteiger partial charge in [0.1, 0.15) is 0 Å². The lowest BCUT2D eigenvalue weighted by Gasteiger charge is -2.14. The molecule has 0 atom stereocenters. The van der Waals surface area contributed by atoms with Crippen LogP contribution in [-0.4, -0.2) is 39.8 Å². The number of hydrazine groups is 1. The van der Waals surface area contributed by atoms with Gasteiger partial charge in [0.2, 0.25) is 5.96 Å². The van der Waals surface area contributed by atoms with Crippen LogP contribution in [0.25, 0.3) is 0 Å². The predicted molar refractivity (Wildman–Crippen MR) is 85.1 cm³/mol. The number of nitrogens with zero attached hydrogens (tertiary/aromatic N) is 2. The van der Waals surface area contributed by atoms with Gasteiger partial charge in [0.05, 0.1) is 0 Å². The summed E-state index contributed by atoms with van der Waals surface area (Å²) in [4.78, 5) is 6.40. The van der Waals surface area contributed by atoms with Gasteiger partial charge in [0.25, 0.3) is 0 Å². The molecule has 0 unspecified atom stereocenters. The quantitative estimate of drug-likeness (QED) is 0.231. The van der Waals surface area contributed by atoms with Gasteiger partial charge in [-0.15, -0.1) is 0 Å². The third-order valence-electron chi connectivity index (χ3n) is 2.70. The fraction of sp³-hybridized carbons (Fsp3) is 0.500. The highest BCUT2D eigenvalue weighted by atomic mass is 16.5. The zero-order valence-corrected chi connectivity index (χ0v) is 12.5. The average Bonchev–Trinajstić information content (AvgIpc) is 2.46. The van der Waals surface area contributed by atoms with E-state index in [1.807, 2.05) is 50.2 Å². The van der Waals surface area contributed by atoms with Gasteiger partial charge in [0.15, 0.2) is 0 Å². The Morgan fingerprint density at radius 2 is 2.00 bits per heavy atom. The average molecular weight is 279 g/mol. The van der Waals surface area contributed by atoms with Crippen LogP contribution in [0.1, 0.15) is 13.3 Å². The number of ether oxygens (including phenoxy) is 1. The van der Waals surface area contributed by atoms with Crippen molar-refractivity contribution in [3.63, 3.8) is 0 Å². The standard InChI is InChI=1S/C14H25N5O/c1-4-20-11-5-10-16-14(18-15)17-12-6-8-13(9-7-12)19(2)3/h6-9H,4-5,10-11,15H2,1-3H3,(H2,16,17,18). The SMILES string of the molecule is CCOCCCN=C(NN)Nc1ccc(N(C)C)cc1. The van der Waals surface area contributed by atoms with E-state index in [1.165, 1.54) is 0 Å². The van der Waals surface area contributed by atoms with E-state index in [4.69, 9.17) is 10.6 Å². The Balaban J connectivity index is 2.48. The summed E-state index contributed by atoms with van der Waals surface area (Å²) < 4.78 is 5.26. The van der Waals surface area contributed by atoms with Crippen molar-refractivity contribution in [2.24, 2.45) is 10.8 Å². The van der Waals surface area contributed by atoms with Crippen molar-refractivity contribution in [3.8, 4) is 0 Å². The zero-order valence-electron chi connectivity index (χ0n) is 12.5. The number of guanidine groups is 1. The fourth-order valence-electron chi connectivity index (χ4n) is 1.60. The van der Waals surface area contributed by atoms with Crippen molar-refractivity contribution in [1.29, 1.82) is 0 Å². The van der Waals surface area contributed by atoms with E-state index in [-0.39, 0.29) is 0 Å². The zero-order chi connectivity index (χ0) is 14.8. The molecule has 4 N–H and O–H groups in total. The van der Waals surface area contributed by atoms with Crippen LogP contribution < -0.4 is 21.5 Å². The first kappa shape index (κ1) is 16.3. The van der Waals surface area contributed by atoms with Crippen LogP contribution >= 0.6 is 0 Å². The highest BCUT2D eigenvalue weighted by molar-refractivity contribution is 5.93. The molecule has 20 heavy (non-hydrogen) atoms. The van der Waals surface area contributed by atoms with Crippen LogP contribution in [-0.2, 0) is 4.74 Å². The molecule has 0 aliphatic rings. The molecule has 6 heteroatoms. The second-order valence-electron chi connectivity index (χ2n) is 4.49. The molecule has 0 aliphatic heterocycles. The first-order chi connectivity index (χ1) is 9.67. The Bertz CT molecular complexity index is 403. The molecule has 0 aliphatic carbocycles. The van der Waals surface area contributed by atoms with Crippen molar-refractivity contribution in [2.75, 3.05) is 44.1 Å². The molecular formula is C14H25N5O. The summed E-state index contributed by atoms with van der Waals surface area (Å²) in [6, 6.07) is 8.04. The van der Waals surface area contributed by atoms with Gasteiger partial charge >= 0.3 is 0 Å². The molecule has 0 aromatic heterocycles.